The standard InChI is InChI=1S/C12H23N7O/c1-4-18(5-2)11-14-10(17-13)15-12(16-11)19-6-7-20-8-9(19)3/h9H,4-8,13H2,1-3H3,(H,14,15,16,17). The number of hydrogen-bond acceptors (Lipinski definition) is 8. The Bertz CT molecular complexity index is 438. The number of nitrogen functional groups attached to an aromatic ring is 1. The van der Waals surface area contributed by atoms with E-state index in [1.807, 2.05) is 0 Å². The second-order valence-corrected chi connectivity index (χ2v) is 4.69. The van der Waals surface area contributed by atoms with Gasteiger partial charge in [-0.2, -0.15) is 15.0 Å². The highest BCUT2D eigenvalue weighted by Gasteiger charge is 2.23. The van der Waals surface area contributed by atoms with Crippen LogP contribution in [0.15, 0.2) is 0 Å². The van der Waals surface area contributed by atoms with E-state index in [4.69, 9.17) is 10.6 Å². The van der Waals surface area contributed by atoms with Gasteiger partial charge < -0.3 is 14.5 Å². The first-order valence-electron chi connectivity index (χ1n) is 7.01. The molecule has 0 aromatic carbocycles. The number of nitrogens with zero attached hydrogens (tertiary/aromatic N) is 5. The quantitative estimate of drug-likeness (QED) is 0.585. The number of morpholine rings is 1. The smallest absolute Gasteiger partial charge is 0.243 e. The van der Waals surface area contributed by atoms with Crippen LogP contribution in [-0.4, -0.2) is 53.8 Å². The molecule has 2 heterocycles. The van der Waals surface area contributed by atoms with Gasteiger partial charge >= 0.3 is 0 Å². The van der Waals surface area contributed by atoms with Gasteiger partial charge in [0.15, 0.2) is 0 Å². The average molecular weight is 281 g/mol. The fraction of sp³-hybridized carbons (Fsp3) is 0.750. The summed E-state index contributed by atoms with van der Waals surface area (Å²) in [6.07, 6.45) is 0. The highest BCUT2D eigenvalue weighted by atomic mass is 16.5. The third-order valence-corrected chi connectivity index (χ3v) is 3.41. The van der Waals surface area contributed by atoms with Gasteiger partial charge in [0.25, 0.3) is 0 Å². The van der Waals surface area contributed by atoms with Crippen LogP contribution in [0.4, 0.5) is 17.8 Å². The molecule has 3 N–H and O–H groups in total. The Morgan fingerprint density at radius 2 is 2.10 bits per heavy atom. The molecule has 0 aliphatic carbocycles. The van der Waals surface area contributed by atoms with Crippen LogP contribution in [0.25, 0.3) is 0 Å². The third kappa shape index (κ3) is 3.07. The summed E-state index contributed by atoms with van der Waals surface area (Å²) in [6, 6.07) is 0.237. The lowest BCUT2D eigenvalue weighted by Crippen LogP contribution is -2.45. The van der Waals surface area contributed by atoms with Gasteiger partial charge in [-0.3, -0.25) is 5.43 Å². The van der Waals surface area contributed by atoms with Crippen molar-refractivity contribution in [3.63, 3.8) is 0 Å². The molecule has 1 fully saturated rings. The fourth-order valence-corrected chi connectivity index (χ4v) is 2.22. The Morgan fingerprint density at radius 1 is 1.35 bits per heavy atom. The lowest BCUT2D eigenvalue weighted by molar-refractivity contribution is 0.0981. The van der Waals surface area contributed by atoms with E-state index in [2.05, 4.69) is 50.9 Å². The molecule has 1 unspecified atom stereocenters. The van der Waals surface area contributed by atoms with Crippen molar-refractivity contribution in [3.8, 4) is 0 Å². The van der Waals surface area contributed by atoms with Crippen LogP contribution in [0.5, 0.6) is 0 Å². The Labute approximate surface area is 119 Å². The van der Waals surface area contributed by atoms with Crippen molar-refractivity contribution in [2.45, 2.75) is 26.8 Å². The van der Waals surface area contributed by atoms with Gasteiger partial charge in [0, 0.05) is 19.6 Å². The average Bonchev–Trinajstić information content (AvgIpc) is 2.48. The SMILES string of the molecule is CCN(CC)c1nc(NN)nc(N2CCOCC2C)n1. The molecule has 8 nitrogen and oxygen atoms in total. The lowest BCUT2D eigenvalue weighted by Gasteiger charge is -2.33. The number of hydrazine groups is 1. The zero-order valence-electron chi connectivity index (χ0n) is 12.3. The highest BCUT2D eigenvalue weighted by molar-refractivity contribution is 5.45. The number of nitrogens with one attached hydrogen (secondary N) is 1. The van der Waals surface area contributed by atoms with Crippen molar-refractivity contribution in [2.24, 2.45) is 5.84 Å². The molecule has 1 atom stereocenters. The fourth-order valence-electron chi connectivity index (χ4n) is 2.22. The van der Waals surface area contributed by atoms with Crippen LogP contribution >= 0.6 is 0 Å². The molecule has 0 bridgehead atoms. The number of hydrogen-bond donors (Lipinski definition) is 2. The van der Waals surface area contributed by atoms with E-state index < -0.39 is 0 Å². The third-order valence-electron chi connectivity index (χ3n) is 3.41. The largest absolute Gasteiger partial charge is 0.377 e. The first kappa shape index (κ1) is 14.7. The molecule has 1 aromatic heterocycles. The van der Waals surface area contributed by atoms with Gasteiger partial charge in [0.1, 0.15) is 0 Å². The molecule has 1 saturated heterocycles. The zero-order chi connectivity index (χ0) is 14.5. The second-order valence-electron chi connectivity index (χ2n) is 4.69. The first-order chi connectivity index (χ1) is 9.69. The van der Waals surface area contributed by atoms with Gasteiger partial charge in [-0.25, -0.2) is 5.84 Å². The van der Waals surface area contributed by atoms with Crippen LogP contribution in [0.2, 0.25) is 0 Å². The number of aromatic nitrogens is 3. The van der Waals surface area contributed by atoms with E-state index in [9.17, 15) is 0 Å². The van der Waals surface area contributed by atoms with E-state index in [-0.39, 0.29) is 6.04 Å². The number of anilines is 3. The van der Waals surface area contributed by atoms with Gasteiger partial charge in [0.2, 0.25) is 17.8 Å². The molecule has 1 aromatic rings. The molecule has 1 aliphatic heterocycles. The Kier molecular flexibility index (Phi) is 4.91. The summed E-state index contributed by atoms with van der Waals surface area (Å²) in [5, 5.41) is 0. The highest BCUT2D eigenvalue weighted by Crippen LogP contribution is 2.19. The van der Waals surface area contributed by atoms with Crippen molar-refractivity contribution in [1.29, 1.82) is 0 Å². The number of ether oxygens (including phenoxy) is 1. The van der Waals surface area contributed by atoms with Gasteiger partial charge in [0.05, 0.1) is 19.3 Å². The summed E-state index contributed by atoms with van der Waals surface area (Å²) >= 11 is 0. The summed E-state index contributed by atoms with van der Waals surface area (Å²) in [5.74, 6) is 7.14. The molecule has 0 spiro atoms. The number of nitrogens with two attached hydrogens (primary N) is 1. The van der Waals surface area contributed by atoms with Crippen molar-refractivity contribution >= 4 is 17.8 Å². The monoisotopic (exact) mass is 281 g/mol. The van der Waals surface area contributed by atoms with Crippen LogP contribution in [-0.2, 0) is 4.74 Å². The molecule has 112 valence electrons. The summed E-state index contributed by atoms with van der Waals surface area (Å²) in [5.41, 5.74) is 2.52. The molecule has 2 rings (SSSR count). The maximum absolute atomic E-state index is 5.47. The predicted molar refractivity (Wildman–Crippen MR) is 78.8 cm³/mol. The van der Waals surface area contributed by atoms with Crippen molar-refractivity contribution in [1.82, 2.24) is 15.0 Å². The van der Waals surface area contributed by atoms with Crippen molar-refractivity contribution in [3.05, 3.63) is 0 Å². The van der Waals surface area contributed by atoms with Crippen molar-refractivity contribution < 1.29 is 4.74 Å². The minimum atomic E-state index is 0.237. The Hall–Kier alpha value is -1.67. The molecule has 0 amide bonds. The number of rotatable bonds is 5. The van der Waals surface area contributed by atoms with E-state index >= 15 is 0 Å². The molecule has 20 heavy (non-hydrogen) atoms. The molecule has 8 heteroatoms. The minimum Gasteiger partial charge on any atom is -0.377 e. The Morgan fingerprint density at radius 3 is 2.70 bits per heavy atom. The maximum Gasteiger partial charge on any atom is 0.243 e. The molecular formula is C12H23N7O. The lowest BCUT2D eigenvalue weighted by atomic mass is 10.3. The van der Waals surface area contributed by atoms with E-state index in [1.54, 1.807) is 0 Å². The molecule has 0 saturated carbocycles. The summed E-state index contributed by atoms with van der Waals surface area (Å²) in [4.78, 5) is 17.5. The van der Waals surface area contributed by atoms with E-state index in [0.29, 0.717) is 31.1 Å². The van der Waals surface area contributed by atoms with Crippen LogP contribution in [0, 0.1) is 0 Å². The van der Waals surface area contributed by atoms with Gasteiger partial charge in [-0.15, -0.1) is 0 Å². The molecule has 1 aliphatic rings. The second kappa shape index (κ2) is 6.67. The predicted octanol–water partition coefficient (Wildman–Crippen LogP) is 0.229. The topological polar surface area (TPSA) is 92.4 Å². The van der Waals surface area contributed by atoms with Crippen LogP contribution in [0.1, 0.15) is 20.8 Å². The molecule has 0 radical (unpaired) electrons. The maximum atomic E-state index is 5.47. The van der Waals surface area contributed by atoms with E-state index in [0.717, 1.165) is 19.6 Å². The summed E-state index contributed by atoms with van der Waals surface area (Å²) in [7, 11) is 0. The Balaban J connectivity index is 2.34. The summed E-state index contributed by atoms with van der Waals surface area (Å²) in [6.45, 7) is 10.0. The van der Waals surface area contributed by atoms with Gasteiger partial charge in [-0.1, -0.05) is 0 Å². The first-order valence-corrected chi connectivity index (χ1v) is 7.01. The van der Waals surface area contributed by atoms with Crippen LogP contribution < -0.4 is 21.1 Å². The molecular weight excluding hydrogens is 258 g/mol. The van der Waals surface area contributed by atoms with Crippen LogP contribution in [0.3, 0.4) is 0 Å². The van der Waals surface area contributed by atoms with Crippen molar-refractivity contribution in [2.75, 3.05) is 48.1 Å². The zero-order valence-corrected chi connectivity index (χ0v) is 12.3. The normalized spacial score (nSPS) is 19.0. The minimum absolute atomic E-state index is 0.237. The van der Waals surface area contributed by atoms with E-state index in [1.165, 1.54) is 0 Å². The van der Waals surface area contributed by atoms with Gasteiger partial charge in [-0.05, 0) is 20.8 Å². The summed E-state index contributed by atoms with van der Waals surface area (Å²) < 4.78 is 5.45.